The Bertz CT molecular complexity index is 351. The van der Waals surface area contributed by atoms with Gasteiger partial charge in [-0.15, -0.1) is 0 Å². The minimum atomic E-state index is -0.493. The molecule has 3 nitrogen and oxygen atoms in total. The molecule has 1 aromatic rings. The van der Waals surface area contributed by atoms with Crippen LogP contribution in [-0.2, 0) is 13.0 Å². The summed E-state index contributed by atoms with van der Waals surface area (Å²) in [5.74, 6) is 2.40. The van der Waals surface area contributed by atoms with Crippen LogP contribution in [-0.4, -0.2) is 20.3 Å². The molecule has 1 saturated carbocycles. The summed E-state index contributed by atoms with van der Waals surface area (Å²) in [6.07, 6.45) is 6.37. The van der Waals surface area contributed by atoms with Crippen LogP contribution in [0.15, 0.2) is 12.4 Å². The fourth-order valence-corrected chi connectivity index (χ4v) is 2.62. The highest BCUT2D eigenvalue weighted by Crippen LogP contribution is 2.43. The quantitative estimate of drug-likeness (QED) is 0.848. The highest BCUT2D eigenvalue weighted by Gasteiger charge is 2.44. The summed E-state index contributed by atoms with van der Waals surface area (Å²) in [6.45, 7) is 7.50. The van der Waals surface area contributed by atoms with Gasteiger partial charge >= 0.3 is 0 Å². The molecule has 1 heterocycles. The first-order chi connectivity index (χ1) is 7.54. The number of aromatic nitrogens is 2. The molecule has 3 heteroatoms. The van der Waals surface area contributed by atoms with Crippen LogP contribution in [0.2, 0.25) is 0 Å². The molecule has 0 bridgehead atoms. The smallest absolute Gasteiger partial charge is 0.111 e. The number of nitrogens with zero attached hydrogens (tertiary/aromatic N) is 2. The van der Waals surface area contributed by atoms with Gasteiger partial charge < -0.3 is 9.67 Å². The number of rotatable bonds is 4. The maximum absolute atomic E-state index is 10.4. The summed E-state index contributed by atoms with van der Waals surface area (Å²) >= 11 is 0. The van der Waals surface area contributed by atoms with E-state index in [1.54, 1.807) is 0 Å². The zero-order valence-electron chi connectivity index (χ0n) is 10.5. The number of aryl methyl sites for hydroxylation is 1. The third kappa shape index (κ3) is 2.14. The van der Waals surface area contributed by atoms with E-state index in [2.05, 4.69) is 30.3 Å². The van der Waals surface area contributed by atoms with E-state index in [0.29, 0.717) is 18.3 Å². The molecule has 1 fully saturated rings. The highest BCUT2D eigenvalue weighted by molar-refractivity contribution is 5.04. The minimum Gasteiger partial charge on any atom is -0.389 e. The van der Waals surface area contributed by atoms with Gasteiger partial charge in [-0.2, -0.15) is 0 Å². The molecular formula is C13H22N2O. The monoisotopic (exact) mass is 222 g/mol. The van der Waals surface area contributed by atoms with E-state index in [1.165, 1.54) is 0 Å². The van der Waals surface area contributed by atoms with E-state index in [9.17, 15) is 5.11 Å². The molecule has 0 aliphatic heterocycles. The molecule has 0 unspecified atom stereocenters. The summed E-state index contributed by atoms with van der Waals surface area (Å²) in [5.41, 5.74) is -0.493. The van der Waals surface area contributed by atoms with Crippen LogP contribution in [0.1, 0.15) is 39.4 Å². The topological polar surface area (TPSA) is 38.0 Å². The predicted molar refractivity (Wildman–Crippen MR) is 64.1 cm³/mol. The number of hydrogen-bond acceptors (Lipinski definition) is 2. The van der Waals surface area contributed by atoms with Crippen LogP contribution in [0, 0.1) is 11.8 Å². The lowest BCUT2D eigenvalue weighted by molar-refractivity contribution is -0.0876. The highest BCUT2D eigenvalue weighted by atomic mass is 16.3. The van der Waals surface area contributed by atoms with Crippen molar-refractivity contribution >= 4 is 0 Å². The Labute approximate surface area is 97.5 Å². The van der Waals surface area contributed by atoms with Gasteiger partial charge in [0.1, 0.15) is 5.82 Å². The second kappa shape index (κ2) is 4.21. The third-order valence-corrected chi connectivity index (χ3v) is 3.86. The van der Waals surface area contributed by atoms with Crippen LogP contribution < -0.4 is 0 Å². The van der Waals surface area contributed by atoms with Gasteiger partial charge in [-0.3, -0.25) is 0 Å². The fraction of sp³-hybridized carbons (Fsp3) is 0.769. The fourth-order valence-electron chi connectivity index (χ4n) is 2.62. The number of imidazole rings is 1. The molecule has 0 atom stereocenters. The van der Waals surface area contributed by atoms with E-state index < -0.39 is 5.60 Å². The van der Waals surface area contributed by atoms with Gasteiger partial charge in [0.2, 0.25) is 0 Å². The lowest BCUT2D eigenvalue weighted by Gasteiger charge is -2.45. The second-order valence-corrected chi connectivity index (χ2v) is 5.44. The van der Waals surface area contributed by atoms with Crippen LogP contribution >= 0.6 is 0 Å². The van der Waals surface area contributed by atoms with Gasteiger partial charge in [-0.05, 0) is 31.6 Å². The van der Waals surface area contributed by atoms with Crippen molar-refractivity contribution in [2.24, 2.45) is 11.8 Å². The van der Waals surface area contributed by atoms with Gasteiger partial charge in [0.15, 0.2) is 0 Å². The first-order valence-electron chi connectivity index (χ1n) is 6.26. The van der Waals surface area contributed by atoms with Crippen molar-refractivity contribution in [3.8, 4) is 0 Å². The second-order valence-electron chi connectivity index (χ2n) is 5.44. The Balaban J connectivity index is 1.96. The minimum absolute atomic E-state index is 0.493. The summed E-state index contributed by atoms with van der Waals surface area (Å²) < 4.78 is 2.11. The van der Waals surface area contributed by atoms with E-state index in [1.807, 2.05) is 12.4 Å². The molecular weight excluding hydrogens is 200 g/mol. The molecule has 0 amide bonds. The Morgan fingerprint density at radius 2 is 2.25 bits per heavy atom. The van der Waals surface area contributed by atoms with Gasteiger partial charge in [0, 0.05) is 25.4 Å². The Morgan fingerprint density at radius 3 is 2.81 bits per heavy atom. The molecule has 1 N–H and O–H groups in total. The average molecular weight is 222 g/mol. The van der Waals surface area contributed by atoms with Crippen molar-refractivity contribution in [2.45, 2.75) is 52.2 Å². The van der Waals surface area contributed by atoms with Gasteiger partial charge in [-0.25, -0.2) is 4.98 Å². The van der Waals surface area contributed by atoms with Crippen LogP contribution in [0.3, 0.4) is 0 Å². The molecule has 16 heavy (non-hydrogen) atoms. The summed E-state index contributed by atoms with van der Waals surface area (Å²) in [6, 6.07) is 0. The molecule has 0 saturated heterocycles. The molecule has 0 spiro atoms. The maximum Gasteiger partial charge on any atom is 0.111 e. The Morgan fingerprint density at radius 1 is 1.56 bits per heavy atom. The standard InChI is InChI=1S/C13H22N2O/c1-4-15-6-5-14-12(15)9-13(16)7-11(8-13)10(2)3/h5-6,10-11,16H,4,7-9H2,1-3H3. The average Bonchev–Trinajstić information content (AvgIpc) is 2.60. The van der Waals surface area contributed by atoms with Crippen molar-refractivity contribution < 1.29 is 5.11 Å². The number of hydrogen-bond donors (Lipinski definition) is 1. The van der Waals surface area contributed by atoms with E-state index in [0.717, 1.165) is 25.2 Å². The van der Waals surface area contributed by atoms with Crippen molar-refractivity contribution in [1.29, 1.82) is 0 Å². The normalized spacial score (nSPS) is 29.4. The lowest BCUT2D eigenvalue weighted by Crippen LogP contribution is -2.47. The molecule has 0 radical (unpaired) electrons. The van der Waals surface area contributed by atoms with Gasteiger partial charge in [0.05, 0.1) is 5.60 Å². The molecule has 1 aliphatic rings. The van der Waals surface area contributed by atoms with Crippen LogP contribution in [0.25, 0.3) is 0 Å². The third-order valence-electron chi connectivity index (χ3n) is 3.86. The Kier molecular flexibility index (Phi) is 3.06. The molecule has 0 aromatic carbocycles. The molecule has 90 valence electrons. The first-order valence-corrected chi connectivity index (χ1v) is 6.26. The first kappa shape index (κ1) is 11.6. The zero-order chi connectivity index (χ0) is 11.8. The van der Waals surface area contributed by atoms with E-state index >= 15 is 0 Å². The number of aliphatic hydroxyl groups is 1. The Hall–Kier alpha value is -0.830. The summed E-state index contributed by atoms with van der Waals surface area (Å²) in [5, 5.41) is 10.4. The predicted octanol–water partition coefficient (Wildman–Crippen LogP) is 2.24. The maximum atomic E-state index is 10.4. The zero-order valence-corrected chi connectivity index (χ0v) is 10.5. The molecule has 1 aromatic heterocycles. The van der Waals surface area contributed by atoms with Crippen molar-refractivity contribution in [3.05, 3.63) is 18.2 Å². The van der Waals surface area contributed by atoms with E-state index in [-0.39, 0.29) is 0 Å². The van der Waals surface area contributed by atoms with Crippen molar-refractivity contribution in [2.75, 3.05) is 0 Å². The van der Waals surface area contributed by atoms with Crippen molar-refractivity contribution in [1.82, 2.24) is 9.55 Å². The SMILES string of the molecule is CCn1ccnc1CC1(O)CC(C(C)C)C1. The van der Waals surface area contributed by atoms with Crippen molar-refractivity contribution in [3.63, 3.8) is 0 Å². The van der Waals surface area contributed by atoms with E-state index in [4.69, 9.17) is 0 Å². The molecule has 2 rings (SSSR count). The molecule has 1 aliphatic carbocycles. The lowest BCUT2D eigenvalue weighted by atomic mass is 9.65. The van der Waals surface area contributed by atoms with Crippen LogP contribution in [0.5, 0.6) is 0 Å². The largest absolute Gasteiger partial charge is 0.389 e. The van der Waals surface area contributed by atoms with Gasteiger partial charge in [0.25, 0.3) is 0 Å². The summed E-state index contributed by atoms with van der Waals surface area (Å²) in [4.78, 5) is 4.33. The van der Waals surface area contributed by atoms with Gasteiger partial charge in [-0.1, -0.05) is 13.8 Å². The summed E-state index contributed by atoms with van der Waals surface area (Å²) in [7, 11) is 0. The van der Waals surface area contributed by atoms with Crippen LogP contribution in [0.4, 0.5) is 0 Å².